The lowest BCUT2D eigenvalue weighted by Crippen LogP contribution is -2.42. The molecule has 0 spiro atoms. The highest BCUT2D eigenvalue weighted by Crippen LogP contribution is 2.37. The molecule has 2 unspecified atom stereocenters. The Kier molecular flexibility index (Phi) is 4.40. The number of rotatable bonds is 2. The molecule has 2 nitrogen and oxygen atoms in total. The molecule has 0 aromatic rings. The van der Waals surface area contributed by atoms with Crippen molar-refractivity contribution in [1.29, 1.82) is 0 Å². The second-order valence-electron chi connectivity index (χ2n) is 5.77. The van der Waals surface area contributed by atoms with Gasteiger partial charge in [-0.1, -0.05) is 13.8 Å². The summed E-state index contributed by atoms with van der Waals surface area (Å²) in [7, 11) is 0.677. The van der Waals surface area contributed by atoms with E-state index in [2.05, 4.69) is 13.8 Å². The van der Waals surface area contributed by atoms with Gasteiger partial charge in [0.1, 0.15) is 22.9 Å². The van der Waals surface area contributed by atoms with Gasteiger partial charge in [0.15, 0.2) is 0 Å². The van der Waals surface area contributed by atoms with Crippen LogP contribution in [-0.2, 0) is 20.4 Å². The predicted octanol–water partition coefficient (Wildman–Crippen LogP) is 2.76. The normalized spacial score (nSPS) is 39.2. The fourth-order valence-corrected chi connectivity index (χ4v) is 6.63. The molecule has 0 bridgehead atoms. The average molecular weight is 257 g/mol. The Morgan fingerprint density at radius 2 is 1.65 bits per heavy atom. The van der Waals surface area contributed by atoms with Crippen LogP contribution in [0.15, 0.2) is 0 Å². The Hall–Kier alpha value is -0.180. The van der Waals surface area contributed by atoms with Crippen molar-refractivity contribution < 1.29 is 9.53 Å². The summed E-state index contributed by atoms with van der Waals surface area (Å²) < 4.78 is 5.49. The van der Waals surface area contributed by atoms with E-state index in [0.717, 1.165) is 5.25 Å². The lowest BCUT2D eigenvalue weighted by atomic mass is 9.80. The molecule has 1 aliphatic carbocycles. The first-order chi connectivity index (χ1) is 8.08. The Morgan fingerprint density at radius 1 is 1.12 bits per heavy atom. The molecule has 1 saturated heterocycles. The highest BCUT2D eigenvalue weighted by Gasteiger charge is 2.43. The minimum Gasteiger partial charge on any atom is -0.462 e. The largest absolute Gasteiger partial charge is 0.462 e. The summed E-state index contributed by atoms with van der Waals surface area (Å²) in [5.41, 5.74) is 0. The van der Waals surface area contributed by atoms with Crippen molar-refractivity contribution in [3.63, 3.8) is 0 Å². The molecule has 17 heavy (non-hydrogen) atoms. The third kappa shape index (κ3) is 3.18. The monoisotopic (exact) mass is 257 g/mol. The van der Waals surface area contributed by atoms with E-state index in [1.165, 1.54) is 44.1 Å². The van der Waals surface area contributed by atoms with Gasteiger partial charge in [0.25, 0.3) is 0 Å². The lowest BCUT2D eigenvalue weighted by Gasteiger charge is -2.37. The molecule has 2 aliphatic rings. The van der Waals surface area contributed by atoms with Crippen LogP contribution in [-0.4, -0.2) is 28.8 Å². The van der Waals surface area contributed by atoms with Crippen molar-refractivity contribution in [3.05, 3.63) is 0 Å². The summed E-state index contributed by atoms with van der Waals surface area (Å²) in [6.07, 6.45) is 5.58. The second kappa shape index (κ2) is 5.64. The third-order valence-electron chi connectivity index (χ3n) is 4.23. The van der Waals surface area contributed by atoms with Gasteiger partial charge in [-0.05, 0) is 35.6 Å². The summed E-state index contributed by atoms with van der Waals surface area (Å²) in [5.74, 6) is 3.89. The molecule has 2 rings (SSSR count). The second-order valence-corrected chi connectivity index (χ2v) is 8.33. The highest BCUT2D eigenvalue weighted by molar-refractivity contribution is 7.97. The van der Waals surface area contributed by atoms with E-state index >= 15 is 0 Å². The molecular weight excluding hydrogens is 232 g/mol. The van der Waals surface area contributed by atoms with Crippen LogP contribution in [0, 0.1) is 11.8 Å². The van der Waals surface area contributed by atoms with Crippen LogP contribution < -0.4 is 0 Å². The van der Waals surface area contributed by atoms with E-state index in [1.54, 1.807) is 0 Å². The molecule has 0 radical (unpaired) electrons. The van der Waals surface area contributed by atoms with Crippen LogP contribution in [0.1, 0.15) is 46.5 Å². The number of carbonyl (C=O) groups excluding carboxylic acids is 1. The minimum atomic E-state index is -0.115. The number of esters is 1. The summed E-state index contributed by atoms with van der Waals surface area (Å²) >= 11 is 0. The molecule has 98 valence electrons. The molecule has 0 aromatic carbocycles. The third-order valence-corrected chi connectivity index (χ3v) is 7.18. The van der Waals surface area contributed by atoms with Gasteiger partial charge in [-0.2, -0.15) is 0 Å². The average Bonchev–Trinajstić information content (AvgIpc) is 2.76. The maximum absolute atomic E-state index is 11.1. The van der Waals surface area contributed by atoms with Gasteiger partial charge >= 0.3 is 5.97 Å². The smallest absolute Gasteiger partial charge is 0.302 e. The van der Waals surface area contributed by atoms with Crippen molar-refractivity contribution >= 4 is 16.9 Å². The fraction of sp³-hybridized carbons (Fsp3) is 0.929. The molecule has 3 heteroatoms. The zero-order chi connectivity index (χ0) is 12.4. The van der Waals surface area contributed by atoms with Crippen molar-refractivity contribution in [2.24, 2.45) is 11.8 Å². The first-order valence-corrected chi connectivity index (χ1v) is 8.54. The van der Waals surface area contributed by atoms with Gasteiger partial charge in [0, 0.05) is 19.8 Å². The van der Waals surface area contributed by atoms with E-state index < -0.39 is 0 Å². The Morgan fingerprint density at radius 3 is 2.12 bits per heavy atom. The molecule has 1 aliphatic heterocycles. The van der Waals surface area contributed by atoms with Crippen LogP contribution in [0.25, 0.3) is 0 Å². The summed E-state index contributed by atoms with van der Waals surface area (Å²) in [5, 5.41) is 0.911. The predicted molar refractivity (Wildman–Crippen MR) is 73.2 cm³/mol. The van der Waals surface area contributed by atoms with Crippen LogP contribution in [0.4, 0.5) is 0 Å². The van der Waals surface area contributed by atoms with Gasteiger partial charge in [0.05, 0.1) is 0 Å². The minimum absolute atomic E-state index is 0.115. The van der Waals surface area contributed by atoms with Crippen molar-refractivity contribution in [2.75, 3.05) is 11.5 Å². The van der Waals surface area contributed by atoms with E-state index in [9.17, 15) is 4.79 Å². The molecule has 0 aromatic heterocycles. The molecular formula is C14H25O2S+. The van der Waals surface area contributed by atoms with Crippen LogP contribution in [0.3, 0.4) is 0 Å². The van der Waals surface area contributed by atoms with Crippen LogP contribution >= 0.6 is 0 Å². The quantitative estimate of drug-likeness (QED) is 0.561. The maximum atomic E-state index is 11.1. The van der Waals surface area contributed by atoms with Gasteiger partial charge < -0.3 is 4.74 Å². The number of hydrogen-bond donors (Lipinski definition) is 0. The summed E-state index contributed by atoms with van der Waals surface area (Å²) in [4.78, 5) is 11.1. The standard InChI is InChI=1S/C14H25O2S/c1-10-8-13(17-6-4-5-7-17)9-11(2)14(10)16-12(3)15/h10-11,13-14H,4-9H2,1-3H3/q+1. The van der Waals surface area contributed by atoms with Crippen molar-refractivity contribution in [2.45, 2.75) is 57.8 Å². The molecule has 2 atom stereocenters. The lowest BCUT2D eigenvalue weighted by molar-refractivity contribution is -0.153. The van der Waals surface area contributed by atoms with E-state index in [4.69, 9.17) is 4.74 Å². The summed E-state index contributed by atoms with van der Waals surface area (Å²) in [6.45, 7) is 6.05. The van der Waals surface area contributed by atoms with Crippen molar-refractivity contribution in [1.82, 2.24) is 0 Å². The Bertz CT molecular complexity index is 261. The van der Waals surface area contributed by atoms with Crippen LogP contribution in [0.2, 0.25) is 0 Å². The Labute approximate surface area is 108 Å². The topological polar surface area (TPSA) is 26.3 Å². The number of ether oxygens (including phenoxy) is 1. The highest BCUT2D eigenvalue weighted by atomic mass is 32.2. The van der Waals surface area contributed by atoms with E-state index in [1.807, 2.05) is 0 Å². The number of hydrogen-bond acceptors (Lipinski definition) is 2. The van der Waals surface area contributed by atoms with E-state index in [-0.39, 0.29) is 12.1 Å². The van der Waals surface area contributed by atoms with Gasteiger partial charge in [-0.3, -0.25) is 4.79 Å². The van der Waals surface area contributed by atoms with Gasteiger partial charge in [-0.15, -0.1) is 0 Å². The molecule has 0 N–H and O–H groups in total. The van der Waals surface area contributed by atoms with Gasteiger partial charge in [0.2, 0.25) is 0 Å². The summed E-state index contributed by atoms with van der Waals surface area (Å²) in [6, 6.07) is 0. The zero-order valence-corrected chi connectivity index (χ0v) is 12.1. The SMILES string of the molecule is CC(=O)OC1C(C)CC([S+]2CCCC2)CC1C. The van der Waals surface area contributed by atoms with Crippen molar-refractivity contribution in [3.8, 4) is 0 Å². The molecule has 2 fully saturated rings. The molecule has 1 saturated carbocycles. The van der Waals surface area contributed by atoms with E-state index in [0.29, 0.717) is 22.7 Å². The fourth-order valence-electron chi connectivity index (χ4n) is 3.46. The van der Waals surface area contributed by atoms with Crippen LogP contribution in [0.5, 0.6) is 0 Å². The maximum Gasteiger partial charge on any atom is 0.302 e. The first-order valence-electron chi connectivity index (χ1n) is 6.91. The Balaban J connectivity index is 1.94. The zero-order valence-electron chi connectivity index (χ0n) is 11.3. The number of carbonyl (C=O) groups is 1. The molecule has 0 amide bonds. The first kappa shape index (κ1) is 13.3. The van der Waals surface area contributed by atoms with Gasteiger partial charge in [-0.25, -0.2) is 0 Å². The molecule has 1 heterocycles.